The molecule has 1 fully saturated rings. The molecular weight excluding hydrogens is 248 g/mol. The Bertz CT molecular complexity index is 477. The third kappa shape index (κ3) is 3.03. The quantitative estimate of drug-likeness (QED) is 0.803. The Balaban J connectivity index is 1.87. The van der Waals surface area contributed by atoms with Crippen LogP contribution in [0.15, 0.2) is 30.3 Å². The van der Waals surface area contributed by atoms with Crippen molar-refractivity contribution < 1.29 is 19.4 Å². The average Bonchev–Trinajstić information content (AvgIpc) is 2.81. The molecule has 1 aromatic rings. The number of rotatable bonds is 4. The summed E-state index contributed by atoms with van der Waals surface area (Å²) in [5, 5.41) is 8.99. The number of hydrogen-bond acceptors (Lipinski definition) is 4. The van der Waals surface area contributed by atoms with Gasteiger partial charge in [-0.05, 0) is 18.6 Å². The number of ether oxygens (including phenoxy) is 1. The first-order valence-electron chi connectivity index (χ1n) is 5.99. The highest BCUT2D eigenvalue weighted by molar-refractivity contribution is 5.83. The van der Waals surface area contributed by atoms with Gasteiger partial charge in [-0.3, -0.25) is 9.59 Å². The van der Waals surface area contributed by atoms with Crippen molar-refractivity contribution in [3.63, 3.8) is 0 Å². The van der Waals surface area contributed by atoms with E-state index in [-0.39, 0.29) is 25.5 Å². The van der Waals surface area contributed by atoms with E-state index in [1.807, 2.05) is 18.2 Å². The summed E-state index contributed by atoms with van der Waals surface area (Å²) in [6.07, 6.45) is 0.263. The van der Waals surface area contributed by atoms with Crippen LogP contribution in [0.5, 0.6) is 5.75 Å². The fourth-order valence-electron chi connectivity index (χ4n) is 1.97. The van der Waals surface area contributed by atoms with Crippen LogP contribution in [0.4, 0.5) is 0 Å². The van der Waals surface area contributed by atoms with E-state index in [2.05, 4.69) is 0 Å². The van der Waals surface area contributed by atoms with E-state index in [1.165, 1.54) is 4.90 Å². The lowest BCUT2D eigenvalue weighted by Gasteiger charge is -2.20. The summed E-state index contributed by atoms with van der Waals surface area (Å²) in [5.74, 6) is -0.725. The maximum absolute atomic E-state index is 11.9. The number of likely N-dealkylation sites (tertiary alicyclic amines) is 1. The summed E-state index contributed by atoms with van der Waals surface area (Å²) >= 11 is 0. The van der Waals surface area contributed by atoms with E-state index in [0.717, 1.165) is 0 Å². The van der Waals surface area contributed by atoms with Crippen molar-refractivity contribution in [1.82, 2.24) is 4.90 Å². The smallest absolute Gasteiger partial charge is 0.325 e. The van der Waals surface area contributed by atoms with E-state index in [4.69, 9.17) is 15.6 Å². The number of carboxylic acids is 1. The van der Waals surface area contributed by atoms with Gasteiger partial charge in [0.15, 0.2) is 6.61 Å². The number of amides is 1. The van der Waals surface area contributed by atoms with Crippen LogP contribution in [0.2, 0.25) is 0 Å². The topological polar surface area (TPSA) is 92.9 Å². The zero-order valence-electron chi connectivity index (χ0n) is 10.4. The predicted octanol–water partition coefficient (Wildman–Crippen LogP) is 0.0798. The molecule has 1 amide bonds. The van der Waals surface area contributed by atoms with Crippen molar-refractivity contribution in [2.24, 2.45) is 5.73 Å². The van der Waals surface area contributed by atoms with Crippen LogP contribution in [-0.2, 0) is 9.59 Å². The summed E-state index contributed by atoms with van der Waals surface area (Å²) in [7, 11) is 0. The lowest BCUT2D eigenvalue weighted by molar-refractivity contribution is -0.143. The minimum Gasteiger partial charge on any atom is -0.484 e. The molecule has 3 N–H and O–H groups in total. The van der Waals surface area contributed by atoms with Gasteiger partial charge in [-0.1, -0.05) is 18.2 Å². The molecule has 1 aliphatic rings. The van der Waals surface area contributed by atoms with Crippen molar-refractivity contribution in [1.29, 1.82) is 0 Å². The van der Waals surface area contributed by atoms with Gasteiger partial charge in [-0.2, -0.15) is 0 Å². The number of carboxylic acid groups (broad SMARTS) is 1. The molecule has 1 saturated heterocycles. The highest BCUT2D eigenvalue weighted by Crippen LogP contribution is 2.19. The lowest BCUT2D eigenvalue weighted by Crippen LogP contribution is -2.51. The Labute approximate surface area is 110 Å². The maximum atomic E-state index is 11.9. The molecule has 102 valence electrons. The number of nitrogens with zero attached hydrogens (tertiary/aromatic N) is 1. The van der Waals surface area contributed by atoms with E-state index >= 15 is 0 Å². The second-order valence-electron chi connectivity index (χ2n) is 4.63. The van der Waals surface area contributed by atoms with Gasteiger partial charge in [0.2, 0.25) is 0 Å². The fourth-order valence-corrected chi connectivity index (χ4v) is 1.97. The molecule has 1 heterocycles. The number of carbonyl (C=O) groups excluding carboxylic acids is 1. The standard InChI is InChI=1S/C13H16N2O4/c14-13(12(17)18)6-7-15(9-13)11(16)8-19-10-4-2-1-3-5-10/h1-5H,6-9,14H2,(H,17,18). The normalized spacial score (nSPS) is 22.3. The third-order valence-corrected chi connectivity index (χ3v) is 3.18. The van der Waals surface area contributed by atoms with Gasteiger partial charge < -0.3 is 20.5 Å². The van der Waals surface area contributed by atoms with Crippen LogP contribution >= 0.6 is 0 Å². The Morgan fingerprint density at radius 1 is 1.37 bits per heavy atom. The molecule has 6 nitrogen and oxygen atoms in total. The molecule has 0 aromatic heterocycles. The van der Waals surface area contributed by atoms with Crippen LogP contribution in [0.3, 0.4) is 0 Å². The minimum absolute atomic E-state index is 0.0271. The number of nitrogens with two attached hydrogens (primary N) is 1. The molecule has 0 radical (unpaired) electrons. The van der Waals surface area contributed by atoms with Gasteiger partial charge in [0, 0.05) is 13.1 Å². The molecule has 19 heavy (non-hydrogen) atoms. The summed E-state index contributed by atoms with van der Waals surface area (Å²) in [6, 6.07) is 8.98. The summed E-state index contributed by atoms with van der Waals surface area (Å²) in [5.41, 5.74) is 4.37. The van der Waals surface area contributed by atoms with Gasteiger partial charge >= 0.3 is 5.97 Å². The Morgan fingerprint density at radius 3 is 2.63 bits per heavy atom. The van der Waals surface area contributed by atoms with Crippen molar-refractivity contribution in [3.8, 4) is 5.75 Å². The first-order chi connectivity index (χ1) is 9.01. The van der Waals surface area contributed by atoms with Crippen LogP contribution in [0, 0.1) is 0 Å². The zero-order chi connectivity index (χ0) is 13.9. The molecule has 1 unspecified atom stereocenters. The molecule has 1 aliphatic heterocycles. The number of hydrogen-bond donors (Lipinski definition) is 2. The van der Waals surface area contributed by atoms with Crippen molar-refractivity contribution >= 4 is 11.9 Å². The molecule has 6 heteroatoms. The zero-order valence-corrected chi connectivity index (χ0v) is 10.4. The summed E-state index contributed by atoms with van der Waals surface area (Å²) in [6.45, 7) is 0.263. The second-order valence-corrected chi connectivity index (χ2v) is 4.63. The van der Waals surface area contributed by atoms with Crippen LogP contribution in [0.25, 0.3) is 0 Å². The Morgan fingerprint density at radius 2 is 2.05 bits per heavy atom. The van der Waals surface area contributed by atoms with Gasteiger partial charge in [0.05, 0.1) is 0 Å². The molecule has 2 rings (SSSR count). The first-order valence-corrected chi connectivity index (χ1v) is 5.99. The molecule has 0 bridgehead atoms. The minimum atomic E-state index is -1.33. The first kappa shape index (κ1) is 13.4. The molecule has 0 aliphatic carbocycles. The van der Waals surface area contributed by atoms with Gasteiger partial charge in [0.25, 0.3) is 5.91 Å². The Hall–Kier alpha value is -2.08. The SMILES string of the molecule is NC1(C(=O)O)CCN(C(=O)COc2ccccc2)C1. The molecular formula is C13H16N2O4. The third-order valence-electron chi connectivity index (χ3n) is 3.18. The number of benzene rings is 1. The summed E-state index contributed by atoms with van der Waals surface area (Å²) < 4.78 is 5.33. The number of carbonyl (C=O) groups is 2. The highest BCUT2D eigenvalue weighted by atomic mass is 16.5. The fraction of sp³-hybridized carbons (Fsp3) is 0.385. The maximum Gasteiger partial charge on any atom is 0.325 e. The molecule has 0 spiro atoms. The van der Waals surface area contributed by atoms with E-state index in [9.17, 15) is 9.59 Å². The molecule has 0 saturated carbocycles. The molecule has 1 atom stereocenters. The van der Waals surface area contributed by atoms with Crippen molar-refractivity contribution in [2.75, 3.05) is 19.7 Å². The van der Waals surface area contributed by atoms with E-state index in [1.54, 1.807) is 12.1 Å². The lowest BCUT2D eigenvalue weighted by atomic mass is 10.0. The van der Waals surface area contributed by atoms with Gasteiger partial charge in [-0.25, -0.2) is 0 Å². The van der Waals surface area contributed by atoms with Crippen molar-refractivity contribution in [3.05, 3.63) is 30.3 Å². The van der Waals surface area contributed by atoms with Gasteiger partial charge in [-0.15, -0.1) is 0 Å². The number of para-hydroxylation sites is 1. The van der Waals surface area contributed by atoms with Crippen molar-refractivity contribution in [2.45, 2.75) is 12.0 Å². The predicted molar refractivity (Wildman–Crippen MR) is 67.7 cm³/mol. The average molecular weight is 264 g/mol. The van der Waals surface area contributed by atoms with E-state index < -0.39 is 11.5 Å². The van der Waals surface area contributed by atoms with Crippen LogP contribution in [0.1, 0.15) is 6.42 Å². The number of aliphatic carboxylic acids is 1. The van der Waals surface area contributed by atoms with Crippen LogP contribution < -0.4 is 10.5 Å². The van der Waals surface area contributed by atoms with Crippen LogP contribution in [-0.4, -0.2) is 47.1 Å². The Kier molecular flexibility index (Phi) is 3.71. The highest BCUT2D eigenvalue weighted by Gasteiger charge is 2.42. The monoisotopic (exact) mass is 264 g/mol. The van der Waals surface area contributed by atoms with Gasteiger partial charge in [0.1, 0.15) is 11.3 Å². The summed E-state index contributed by atoms with van der Waals surface area (Å²) in [4.78, 5) is 24.3. The largest absolute Gasteiger partial charge is 0.484 e. The molecule has 1 aromatic carbocycles. The second kappa shape index (κ2) is 5.27. The van der Waals surface area contributed by atoms with E-state index in [0.29, 0.717) is 12.3 Å².